The highest BCUT2D eigenvalue weighted by Gasteiger charge is 2.37. The molecule has 0 spiro atoms. The van der Waals surface area contributed by atoms with E-state index >= 15 is 0 Å². The van der Waals surface area contributed by atoms with Crippen LogP contribution in [0.15, 0.2) is 24.4 Å². The van der Waals surface area contributed by atoms with E-state index in [9.17, 15) is 18.0 Å². The molecule has 1 saturated heterocycles. The molecule has 8 nitrogen and oxygen atoms in total. The molecule has 1 saturated carbocycles. The van der Waals surface area contributed by atoms with Gasteiger partial charge in [-0.05, 0) is 64.4 Å². The van der Waals surface area contributed by atoms with Gasteiger partial charge in [0.25, 0.3) is 0 Å². The summed E-state index contributed by atoms with van der Waals surface area (Å²) in [5.41, 5.74) is 0.752. The summed E-state index contributed by atoms with van der Waals surface area (Å²) in [7, 11) is 7.35. The van der Waals surface area contributed by atoms with Gasteiger partial charge in [0.1, 0.15) is 11.5 Å². The van der Waals surface area contributed by atoms with Crippen LogP contribution in [0.3, 0.4) is 0 Å². The molecular formula is C29H41F3N6O2. The van der Waals surface area contributed by atoms with Gasteiger partial charge in [0, 0.05) is 50.6 Å². The van der Waals surface area contributed by atoms with Crippen LogP contribution in [0, 0.1) is 11.8 Å². The molecule has 1 N–H and O–H groups in total. The third-order valence-electron chi connectivity index (χ3n) is 7.98. The van der Waals surface area contributed by atoms with Gasteiger partial charge in [-0.3, -0.25) is 4.79 Å². The Kier molecular flexibility index (Phi) is 9.89. The summed E-state index contributed by atoms with van der Waals surface area (Å²) in [6, 6.07) is 5.75. The zero-order valence-corrected chi connectivity index (χ0v) is 23.9. The van der Waals surface area contributed by atoms with Crippen LogP contribution in [0.1, 0.15) is 43.4 Å². The molecular weight excluding hydrogens is 521 g/mol. The maximum atomic E-state index is 14.0. The number of nitrogens with one attached hydrogen (secondary N) is 1. The molecule has 40 heavy (non-hydrogen) atoms. The fourth-order valence-electron chi connectivity index (χ4n) is 5.81. The molecule has 1 aliphatic heterocycles. The SMILES string of the molecule is COc1cc(N2CCN(C)CC2)ccc1Nc1ncc(C(F)(F)F)c(C[C@@H]2CCCC[C@H]2CC(=O)CN(C)C)n1. The smallest absolute Gasteiger partial charge is 0.419 e. The van der Waals surface area contributed by atoms with Crippen molar-refractivity contribution in [1.29, 1.82) is 0 Å². The van der Waals surface area contributed by atoms with Crippen LogP contribution in [0.5, 0.6) is 5.75 Å². The number of ether oxygens (including phenoxy) is 1. The first kappa shape index (κ1) is 30.0. The van der Waals surface area contributed by atoms with Gasteiger partial charge < -0.3 is 24.8 Å². The second-order valence-electron chi connectivity index (χ2n) is 11.3. The number of piperazine rings is 1. The molecule has 220 valence electrons. The van der Waals surface area contributed by atoms with E-state index in [4.69, 9.17) is 4.74 Å². The highest BCUT2D eigenvalue weighted by molar-refractivity contribution is 5.80. The Bertz CT molecular complexity index is 1150. The number of benzene rings is 1. The van der Waals surface area contributed by atoms with Crippen molar-refractivity contribution in [3.05, 3.63) is 35.7 Å². The summed E-state index contributed by atoms with van der Waals surface area (Å²) in [5, 5.41) is 3.08. The summed E-state index contributed by atoms with van der Waals surface area (Å²) >= 11 is 0. The Morgan fingerprint density at radius 1 is 1.12 bits per heavy atom. The number of Topliss-reactive ketones (excluding diaryl/α,β-unsaturated/α-hetero) is 1. The van der Waals surface area contributed by atoms with Crippen LogP contribution in [0.4, 0.5) is 30.5 Å². The molecule has 1 aromatic heterocycles. The third kappa shape index (κ3) is 7.84. The van der Waals surface area contributed by atoms with E-state index in [2.05, 4.69) is 32.1 Å². The number of hydrogen-bond acceptors (Lipinski definition) is 8. The molecule has 1 aromatic carbocycles. The molecule has 2 aromatic rings. The second-order valence-corrected chi connectivity index (χ2v) is 11.3. The summed E-state index contributed by atoms with van der Waals surface area (Å²) < 4.78 is 47.6. The van der Waals surface area contributed by atoms with Gasteiger partial charge in [0.2, 0.25) is 5.95 Å². The topological polar surface area (TPSA) is 73.8 Å². The molecule has 0 amide bonds. The summed E-state index contributed by atoms with van der Waals surface area (Å²) in [6.45, 7) is 4.09. The number of carbonyl (C=O) groups excluding carboxylic acids is 1. The van der Waals surface area contributed by atoms with E-state index in [0.717, 1.165) is 63.7 Å². The molecule has 2 atom stereocenters. The zero-order chi connectivity index (χ0) is 28.9. The van der Waals surface area contributed by atoms with Gasteiger partial charge in [-0.2, -0.15) is 13.2 Å². The lowest BCUT2D eigenvalue weighted by molar-refractivity contribution is -0.139. The van der Waals surface area contributed by atoms with Gasteiger partial charge in [0.15, 0.2) is 0 Å². The molecule has 2 heterocycles. The Morgan fingerprint density at radius 2 is 1.82 bits per heavy atom. The van der Waals surface area contributed by atoms with Crippen LogP contribution in [0.25, 0.3) is 0 Å². The van der Waals surface area contributed by atoms with Crippen LogP contribution in [-0.4, -0.2) is 86.5 Å². The first-order valence-electron chi connectivity index (χ1n) is 14.0. The van der Waals surface area contributed by atoms with E-state index in [-0.39, 0.29) is 35.7 Å². The largest absolute Gasteiger partial charge is 0.494 e. The van der Waals surface area contributed by atoms with E-state index in [1.807, 2.05) is 37.2 Å². The van der Waals surface area contributed by atoms with Crippen LogP contribution in [-0.2, 0) is 17.4 Å². The minimum Gasteiger partial charge on any atom is -0.494 e. The lowest BCUT2D eigenvalue weighted by atomic mass is 9.74. The normalized spacial score (nSPS) is 20.6. The van der Waals surface area contributed by atoms with Gasteiger partial charge in [-0.1, -0.05) is 12.8 Å². The number of ketones is 1. The number of methoxy groups -OCH3 is 1. The number of likely N-dealkylation sites (N-methyl/N-ethyl adjacent to an activating group) is 2. The fourth-order valence-corrected chi connectivity index (χ4v) is 5.81. The van der Waals surface area contributed by atoms with E-state index in [1.54, 1.807) is 7.11 Å². The number of alkyl halides is 3. The molecule has 11 heteroatoms. The minimum absolute atomic E-state index is 0.0324. The average molecular weight is 563 g/mol. The van der Waals surface area contributed by atoms with E-state index in [1.165, 1.54) is 0 Å². The van der Waals surface area contributed by atoms with Crippen LogP contribution >= 0.6 is 0 Å². The number of rotatable bonds is 10. The average Bonchev–Trinajstić information content (AvgIpc) is 2.89. The van der Waals surface area contributed by atoms with E-state index < -0.39 is 11.7 Å². The Balaban J connectivity index is 1.55. The van der Waals surface area contributed by atoms with Crippen molar-refractivity contribution in [2.45, 2.75) is 44.7 Å². The van der Waals surface area contributed by atoms with Crippen molar-refractivity contribution in [3.63, 3.8) is 0 Å². The number of hydrogen-bond donors (Lipinski definition) is 1. The quantitative estimate of drug-likeness (QED) is 0.440. The molecule has 0 radical (unpaired) electrons. The van der Waals surface area contributed by atoms with Crippen LogP contribution < -0.4 is 15.0 Å². The molecule has 4 rings (SSSR count). The Hall–Kier alpha value is -2.92. The van der Waals surface area contributed by atoms with Crippen molar-refractivity contribution in [3.8, 4) is 5.75 Å². The predicted octanol–water partition coefficient (Wildman–Crippen LogP) is 4.87. The zero-order valence-electron chi connectivity index (χ0n) is 23.9. The number of nitrogens with zero attached hydrogens (tertiary/aromatic N) is 5. The molecule has 0 bridgehead atoms. The lowest BCUT2D eigenvalue weighted by Gasteiger charge is -2.34. The Labute approximate surface area is 234 Å². The lowest BCUT2D eigenvalue weighted by Crippen LogP contribution is -2.44. The van der Waals surface area contributed by atoms with E-state index in [0.29, 0.717) is 24.4 Å². The van der Waals surface area contributed by atoms with Crippen LogP contribution in [0.2, 0.25) is 0 Å². The highest BCUT2D eigenvalue weighted by Crippen LogP contribution is 2.39. The second kappa shape index (κ2) is 13.2. The van der Waals surface area contributed by atoms with Crippen molar-refractivity contribution >= 4 is 23.1 Å². The molecule has 0 unspecified atom stereocenters. The minimum atomic E-state index is -4.57. The van der Waals surface area contributed by atoms with Gasteiger partial charge in [-0.25, -0.2) is 9.97 Å². The number of halogens is 3. The van der Waals surface area contributed by atoms with Crippen molar-refractivity contribution < 1.29 is 22.7 Å². The van der Waals surface area contributed by atoms with Crippen molar-refractivity contribution in [2.24, 2.45) is 11.8 Å². The molecule has 2 aliphatic rings. The predicted molar refractivity (Wildman–Crippen MR) is 150 cm³/mol. The first-order valence-corrected chi connectivity index (χ1v) is 14.0. The third-order valence-corrected chi connectivity index (χ3v) is 7.98. The number of anilines is 3. The summed E-state index contributed by atoms with van der Waals surface area (Å²) in [4.78, 5) is 27.3. The van der Waals surface area contributed by atoms with Gasteiger partial charge >= 0.3 is 6.18 Å². The highest BCUT2D eigenvalue weighted by atomic mass is 19.4. The number of carbonyl (C=O) groups is 1. The van der Waals surface area contributed by atoms with Crippen molar-refractivity contribution in [2.75, 3.05) is 71.2 Å². The van der Waals surface area contributed by atoms with Crippen molar-refractivity contribution in [1.82, 2.24) is 19.8 Å². The molecule has 2 fully saturated rings. The van der Waals surface area contributed by atoms with Gasteiger partial charge in [-0.15, -0.1) is 0 Å². The summed E-state index contributed by atoms with van der Waals surface area (Å²) in [5.74, 6) is 0.782. The fraction of sp³-hybridized carbons (Fsp3) is 0.621. The summed E-state index contributed by atoms with van der Waals surface area (Å²) in [6.07, 6.45) is 0.401. The van der Waals surface area contributed by atoms with Gasteiger partial charge in [0.05, 0.1) is 30.6 Å². The maximum Gasteiger partial charge on any atom is 0.419 e. The maximum absolute atomic E-state index is 14.0. The standard InChI is InChI=1S/C29H41F3N6O2/c1-36(2)19-23(39)15-20-7-5-6-8-21(20)16-26-24(29(30,31)32)18-33-28(35-26)34-25-10-9-22(17-27(25)40-4)38-13-11-37(3)12-14-38/h9-10,17-18,20-21H,5-8,11-16,19H2,1-4H3,(H,33,34,35)/t20-,21-/m0/s1. The Morgan fingerprint density at radius 3 is 2.48 bits per heavy atom. The monoisotopic (exact) mass is 562 g/mol. The first-order chi connectivity index (χ1) is 19.0. The molecule has 1 aliphatic carbocycles. The number of aromatic nitrogens is 2.